The maximum atomic E-state index is 13.3. The summed E-state index contributed by atoms with van der Waals surface area (Å²) in [7, 11) is 0. The van der Waals surface area contributed by atoms with E-state index >= 15 is 0 Å². The van der Waals surface area contributed by atoms with Crippen LogP contribution in [0.1, 0.15) is 48.7 Å². The Hall–Kier alpha value is -2.70. The number of nitrogens with zero attached hydrogens (tertiary/aromatic N) is 4. The molecule has 7 heteroatoms. The van der Waals surface area contributed by atoms with Crippen LogP contribution in [0.15, 0.2) is 30.5 Å². The number of carbonyl (C=O) groups excluding carboxylic acids is 2. The van der Waals surface area contributed by atoms with Gasteiger partial charge in [-0.1, -0.05) is 0 Å². The molecule has 1 aromatic carbocycles. The minimum Gasteiger partial charge on any atom is -0.338 e. The molecule has 0 radical (unpaired) electrons. The van der Waals surface area contributed by atoms with Crippen LogP contribution in [0.25, 0.3) is 0 Å². The van der Waals surface area contributed by atoms with Gasteiger partial charge in [-0.15, -0.1) is 0 Å². The Balaban J connectivity index is 1.47. The number of halogens is 1. The molecule has 0 atom stereocenters. The zero-order valence-electron chi connectivity index (χ0n) is 17.0. The first-order chi connectivity index (χ1) is 13.9. The van der Waals surface area contributed by atoms with Gasteiger partial charge in [0.15, 0.2) is 0 Å². The predicted octanol–water partition coefficient (Wildman–Crippen LogP) is 3.40. The molecule has 2 aliphatic heterocycles. The summed E-state index contributed by atoms with van der Waals surface area (Å²) in [6.45, 7) is 6.44. The normalized spacial score (nSPS) is 19.1. The van der Waals surface area contributed by atoms with Crippen LogP contribution < -0.4 is 4.90 Å². The highest BCUT2D eigenvalue weighted by molar-refractivity contribution is 5.99. The largest absolute Gasteiger partial charge is 0.338 e. The van der Waals surface area contributed by atoms with Crippen LogP contribution in [0.5, 0.6) is 0 Å². The van der Waals surface area contributed by atoms with Crippen LogP contribution in [0.3, 0.4) is 0 Å². The molecule has 0 saturated carbocycles. The van der Waals surface area contributed by atoms with Gasteiger partial charge in [-0.3, -0.25) is 14.3 Å². The van der Waals surface area contributed by atoms with Gasteiger partial charge in [0.1, 0.15) is 5.82 Å². The molecule has 2 aliphatic rings. The van der Waals surface area contributed by atoms with Gasteiger partial charge in [0.2, 0.25) is 5.91 Å². The molecule has 2 fully saturated rings. The number of anilines is 1. The molecule has 4 rings (SSSR count). The number of rotatable bonds is 3. The first kappa shape index (κ1) is 19.6. The molecule has 2 amide bonds. The van der Waals surface area contributed by atoms with Gasteiger partial charge in [0, 0.05) is 37.6 Å². The summed E-state index contributed by atoms with van der Waals surface area (Å²) in [6.07, 6.45) is 4.73. The van der Waals surface area contributed by atoms with Crippen LogP contribution >= 0.6 is 0 Å². The van der Waals surface area contributed by atoms with Crippen molar-refractivity contribution in [1.82, 2.24) is 14.7 Å². The van der Waals surface area contributed by atoms with E-state index in [2.05, 4.69) is 5.10 Å². The van der Waals surface area contributed by atoms with E-state index in [1.165, 1.54) is 12.1 Å². The Bertz CT molecular complexity index is 913. The predicted molar refractivity (Wildman–Crippen MR) is 108 cm³/mol. The van der Waals surface area contributed by atoms with E-state index in [0.717, 1.165) is 30.8 Å². The number of piperidine rings is 2. The van der Waals surface area contributed by atoms with Crippen LogP contribution in [0.4, 0.5) is 10.1 Å². The molecule has 0 unspecified atom stereocenters. The second-order valence-corrected chi connectivity index (χ2v) is 8.07. The summed E-state index contributed by atoms with van der Waals surface area (Å²) < 4.78 is 15.1. The van der Waals surface area contributed by atoms with Gasteiger partial charge in [-0.2, -0.15) is 5.10 Å². The molecule has 0 aliphatic carbocycles. The number of benzene rings is 1. The number of carbonyl (C=O) groups is 2. The highest BCUT2D eigenvalue weighted by Crippen LogP contribution is 2.42. The summed E-state index contributed by atoms with van der Waals surface area (Å²) in [5.74, 6) is -0.199. The minimum absolute atomic E-state index is 0.00398. The molecule has 1 aromatic heterocycles. The summed E-state index contributed by atoms with van der Waals surface area (Å²) in [6, 6.07) is 6.12. The van der Waals surface area contributed by atoms with E-state index in [0.29, 0.717) is 38.0 Å². The lowest BCUT2D eigenvalue weighted by Gasteiger charge is -2.46. The molecule has 1 spiro atoms. The van der Waals surface area contributed by atoms with E-state index in [9.17, 15) is 14.0 Å². The molecule has 29 heavy (non-hydrogen) atoms. The fourth-order valence-corrected chi connectivity index (χ4v) is 4.69. The van der Waals surface area contributed by atoms with E-state index in [-0.39, 0.29) is 17.6 Å². The van der Waals surface area contributed by atoms with E-state index in [4.69, 9.17) is 0 Å². The molecule has 0 bridgehead atoms. The third-order valence-corrected chi connectivity index (χ3v) is 6.52. The third kappa shape index (κ3) is 3.43. The van der Waals surface area contributed by atoms with Gasteiger partial charge in [-0.25, -0.2) is 4.39 Å². The van der Waals surface area contributed by atoms with Crippen LogP contribution in [-0.2, 0) is 11.3 Å². The van der Waals surface area contributed by atoms with E-state index < -0.39 is 5.41 Å². The van der Waals surface area contributed by atoms with E-state index in [1.807, 2.05) is 23.4 Å². The van der Waals surface area contributed by atoms with Crippen molar-refractivity contribution in [3.63, 3.8) is 0 Å². The lowest BCUT2D eigenvalue weighted by atomic mass is 9.71. The van der Waals surface area contributed by atoms with Crippen molar-refractivity contribution in [3.8, 4) is 0 Å². The van der Waals surface area contributed by atoms with Crippen LogP contribution in [0, 0.1) is 18.2 Å². The summed E-state index contributed by atoms with van der Waals surface area (Å²) in [5, 5.41) is 4.28. The Labute approximate surface area is 170 Å². The third-order valence-electron chi connectivity index (χ3n) is 6.52. The quantitative estimate of drug-likeness (QED) is 0.796. The number of aryl methyl sites for hydroxylation is 1. The Morgan fingerprint density at radius 3 is 2.45 bits per heavy atom. The summed E-state index contributed by atoms with van der Waals surface area (Å²) in [4.78, 5) is 29.9. The zero-order valence-corrected chi connectivity index (χ0v) is 17.0. The van der Waals surface area contributed by atoms with Gasteiger partial charge < -0.3 is 9.80 Å². The highest BCUT2D eigenvalue weighted by Gasteiger charge is 2.46. The zero-order chi connectivity index (χ0) is 20.6. The molecule has 6 nitrogen and oxygen atoms in total. The molecule has 154 valence electrons. The molecular formula is C22H27FN4O2. The van der Waals surface area contributed by atoms with E-state index in [1.54, 1.807) is 23.2 Å². The maximum Gasteiger partial charge on any atom is 0.257 e. The second kappa shape index (κ2) is 7.61. The second-order valence-electron chi connectivity index (χ2n) is 8.07. The van der Waals surface area contributed by atoms with Crippen molar-refractivity contribution < 1.29 is 14.0 Å². The van der Waals surface area contributed by atoms with Gasteiger partial charge in [0.25, 0.3) is 5.91 Å². The van der Waals surface area contributed by atoms with Crippen molar-refractivity contribution in [3.05, 3.63) is 47.5 Å². The Kier molecular flexibility index (Phi) is 5.15. The average Bonchev–Trinajstić information content (AvgIpc) is 3.11. The fraction of sp³-hybridized carbons (Fsp3) is 0.500. The standard InChI is InChI=1S/C22H27FN4O2/c1-3-27-16(2)19(15-24-27)20(28)25-13-10-22(11-14-25)9-4-12-26(21(22)29)18-7-5-17(23)6-8-18/h5-8,15H,3-4,9-14H2,1-2H3. The van der Waals surface area contributed by atoms with Crippen molar-refractivity contribution in [2.45, 2.75) is 46.1 Å². The Morgan fingerprint density at radius 2 is 1.83 bits per heavy atom. The SMILES string of the molecule is CCn1ncc(C(=O)N2CCC3(CCCN(c4ccc(F)cc4)C3=O)CC2)c1C. The number of hydrogen-bond donors (Lipinski definition) is 0. The number of aromatic nitrogens is 2. The van der Waals surface area contributed by atoms with Gasteiger partial charge >= 0.3 is 0 Å². The van der Waals surface area contributed by atoms with Crippen LogP contribution in [0.2, 0.25) is 0 Å². The fourth-order valence-electron chi connectivity index (χ4n) is 4.69. The molecule has 2 aromatic rings. The summed E-state index contributed by atoms with van der Waals surface area (Å²) >= 11 is 0. The number of hydrogen-bond acceptors (Lipinski definition) is 3. The first-order valence-electron chi connectivity index (χ1n) is 10.3. The molecule has 3 heterocycles. The minimum atomic E-state index is -0.425. The topological polar surface area (TPSA) is 58.4 Å². The monoisotopic (exact) mass is 398 g/mol. The number of likely N-dealkylation sites (tertiary alicyclic amines) is 1. The lowest BCUT2D eigenvalue weighted by Crippen LogP contribution is -2.54. The van der Waals surface area contributed by atoms with Crippen molar-refractivity contribution in [1.29, 1.82) is 0 Å². The molecule has 2 saturated heterocycles. The molecule has 0 N–H and O–H groups in total. The van der Waals surface area contributed by atoms with Crippen LogP contribution in [-0.4, -0.2) is 46.1 Å². The van der Waals surface area contributed by atoms with Crippen molar-refractivity contribution >= 4 is 17.5 Å². The smallest absolute Gasteiger partial charge is 0.257 e. The first-order valence-corrected chi connectivity index (χ1v) is 10.3. The highest BCUT2D eigenvalue weighted by atomic mass is 19.1. The number of amides is 2. The molecular weight excluding hydrogens is 371 g/mol. The van der Waals surface area contributed by atoms with Crippen molar-refractivity contribution in [2.75, 3.05) is 24.5 Å². The van der Waals surface area contributed by atoms with Gasteiger partial charge in [0.05, 0.1) is 17.2 Å². The summed E-state index contributed by atoms with van der Waals surface area (Å²) in [5.41, 5.74) is 1.85. The van der Waals surface area contributed by atoms with Crippen molar-refractivity contribution in [2.24, 2.45) is 5.41 Å². The maximum absolute atomic E-state index is 13.3. The average molecular weight is 398 g/mol. The Morgan fingerprint density at radius 1 is 1.14 bits per heavy atom. The lowest BCUT2D eigenvalue weighted by molar-refractivity contribution is -0.133. The van der Waals surface area contributed by atoms with Gasteiger partial charge in [-0.05, 0) is 63.8 Å².